The predicted molar refractivity (Wildman–Crippen MR) is 120 cm³/mol. The van der Waals surface area contributed by atoms with Crippen molar-refractivity contribution in [2.24, 2.45) is 0 Å². The summed E-state index contributed by atoms with van der Waals surface area (Å²) in [5.41, 5.74) is -1.00. The number of nitrogens with one attached hydrogen (secondary N) is 2. The molecular weight excluding hydrogens is 469 g/mol. The SMILES string of the molecule is Cc1csc([C@]2(O)CC[C@H](N3CC(NC(=O)CNC(=O)c4cccc(C(F)(F)F)c4)C3)CC2)n1. The Morgan fingerprint density at radius 1 is 1.26 bits per heavy atom. The van der Waals surface area contributed by atoms with Crippen LogP contribution in [0.3, 0.4) is 0 Å². The normalized spacial score (nSPS) is 23.9. The molecule has 2 fully saturated rings. The molecule has 4 rings (SSSR count). The van der Waals surface area contributed by atoms with Gasteiger partial charge in [-0.1, -0.05) is 6.07 Å². The highest BCUT2D eigenvalue weighted by Gasteiger charge is 2.41. The summed E-state index contributed by atoms with van der Waals surface area (Å²) >= 11 is 1.50. The van der Waals surface area contributed by atoms with Crippen LogP contribution in [0.2, 0.25) is 0 Å². The molecule has 2 heterocycles. The molecule has 1 saturated carbocycles. The molecule has 1 aliphatic carbocycles. The molecular formula is C23H27F3N4O3S. The van der Waals surface area contributed by atoms with E-state index in [-0.39, 0.29) is 24.1 Å². The van der Waals surface area contributed by atoms with Crippen LogP contribution < -0.4 is 10.6 Å². The fourth-order valence-corrected chi connectivity index (χ4v) is 5.46. The maximum absolute atomic E-state index is 12.8. The van der Waals surface area contributed by atoms with E-state index in [1.54, 1.807) is 0 Å². The lowest BCUT2D eigenvalue weighted by molar-refractivity contribution is -0.137. The minimum absolute atomic E-state index is 0.0413. The number of likely N-dealkylation sites (tertiary alicyclic amines) is 1. The van der Waals surface area contributed by atoms with Gasteiger partial charge in [0, 0.05) is 35.8 Å². The van der Waals surface area contributed by atoms with Gasteiger partial charge in [0.2, 0.25) is 5.91 Å². The van der Waals surface area contributed by atoms with Gasteiger partial charge in [-0.3, -0.25) is 14.5 Å². The fraction of sp³-hybridized carbons (Fsp3) is 0.522. The number of rotatable bonds is 6. The van der Waals surface area contributed by atoms with Crippen molar-refractivity contribution < 1.29 is 27.9 Å². The Balaban J connectivity index is 1.17. The maximum atomic E-state index is 12.8. The topological polar surface area (TPSA) is 94.6 Å². The molecule has 34 heavy (non-hydrogen) atoms. The third-order valence-electron chi connectivity index (χ3n) is 6.45. The number of aliphatic hydroxyl groups is 1. The number of aromatic nitrogens is 1. The van der Waals surface area contributed by atoms with Crippen LogP contribution in [0.1, 0.15) is 52.3 Å². The monoisotopic (exact) mass is 496 g/mol. The van der Waals surface area contributed by atoms with Crippen LogP contribution in [0, 0.1) is 6.92 Å². The molecule has 0 unspecified atom stereocenters. The van der Waals surface area contributed by atoms with Gasteiger partial charge in [-0.05, 0) is 50.8 Å². The lowest BCUT2D eigenvalue weighted by Gasteiger charge is -2.47. The van der Waals surface area contributed by atoms with Crippen LogP contribution in [-0.2, 0) is 16.6 Å². The first-order chi connectivity index (χ1) is 16.0. The molecule has 3 N–H and O–H groups in total. The molecule has 0 radical (unpaired) electrons. The van der Waals surface area contributed by atoms with E-state index in [1.807, 2.05) is 12.3 Å². The van der Waals surface area contributed by atoms with Gasteiger partial charge in [0.1, 0.15) is 10.6 Å². The fourth-order valence-electron chi connectivity index (χ4n) is 4.51. The number of amides is 2. The summed E-state index contributed by atoms with van der Waals surface area (Å²) in [5.74, 6) is -1.12. The number of aryl methyl sites for hydroxylation is 1. The number of halogens is 3. The number of carbonyl (C=O) groups is 2. The van der Waals surface area contributed by atoms with Crippen LogP contribution in [-0.4, -0.2) is 58.5 Å². The highest BCUT2D eigenvalue weighted by Crippen LogP contribution is 2.40. The molecule has 0 spiro atoms. The number of thiazole rings is 1. The van der Waals surface area contributed by atoms with E-state index in [0.717, 1.165) is 41.7 Å². The number of nitrogens with zero attached hydrogens (tertiary/aromatic N) is 2. The van der Waals surface area contributed by atoms with E-state index in [4.69, 9.17) is 0 Å². The Kier molecular flexibility index (Phi) is 6.97. The van der Waals surface area contributed by atoms with Gasteiger partial charge in [-0.2, -0.15) is 13.2 Å². The predicted octanol–water partition coefficient (Wildman–Crippen LogP) is 2.83. The van der Waals surface area contributed by atoms with E-state index in [9.17, 15) is 27.9 Å². The molecule has 2 aliphatic rings. The molecule has 184 valence electrons. The van der Waals surface area contributed by atoms with Crippen molar-refractivity contribution in [1.82, 2.24) is 20.5 Å². The Morgan fingerprint density at radius 2 is 1.97 bits per heavy atom. The number of alkyl halides is 3. The van der Waals surface area contributed by atoms with Crippen molar-refractivity contribution in [1.29, 1.82) is 0 Å². The minimum Gasteiger partial charge on any atom is -0.383 e. The van der Waals surface area contributed by atoms with Crippen LogP contribution in [0.15, 0.2) is 29.6 Å². The van der Waals surface area contributed by atoms with Gasteiger partial charge in [-0.25, -0.2) is 4.98 Å². The largest absolute Gasteiger partial charge is 0.416 e. The summed E-state index contributed by atoms with van der Waals surface area (Å²) in [7, 11) is 0. The first kappa shape index (κ1) is 24.6. The van der Waals surface area contributed by atoms with Crippen molar-refractivity contribution >= 4 is 23.2 Å². The smallest absolute Gasteiger partial charge is 0.383 e. The molecule has 2 aromatic rings. The molecule has 1 aromatic carbocycles. The molecule has 1 saturated heterocycles. The maximum Gasteiger partial charge on any atom is 0.416 e. The summed E-state index contributed by atoms with van der Waals surface area (Å²) in [6.45, 7) is 2.98. The molecule has 1 aliphatic heterocycles. The first-order valence-electron chi connectivity index (χ1n) is 11.2. The highest BCUT2D eigenvalue weighted by molar-refractivity contribution is 7.09. The van der Waals surface area contributed by atoms with Crippen molar-refractivity contribution in [2.75, 3.05) is 19.6 Å². The average Bonchev–Trinajstić information content (AvgIpc) is 3.22. The lowest BCUT2D eigenvalue weighted by Crippen LogP contribution is -2.63. The zero-order valence-corrected chi connectivity index (χ0v) is 19.5. The third-order valence-corrected chi connectivity index (χ3v) is 7.61. The molecule has 0 atom stereocenters. The number of hydrogen-bond acceptors (Lipinski definition) is 6. The van der Waals surface area contributed by atoms with Gasteiger partial charge in [0.05, 0.1) is 18.2 Å². The van der Waals surface area contributed by atoms with E-state index in [0.29, 0.717) is 32.0 Å². The number of hydrogen-bond donors (Lipinski definition) is 3. The van der Waals surface area contributed by atoms with Crippen LogP contribution in [0.4, 0.5) is 13.2 Å². The second-order valence-electron chi connectivity index (χ2n) is 9.04. The van der Waals surface area contributed by atoms with E-state index in [1.165, 1.54) is 17.4 Å². The summed E-state index contributed by atoms with van der Waals surface area (Å²) < 4.78 is 38.4. The quantitative estimate of drug-likeness (QED) is 0.572. The zero-order chi connectivity index (χ0) is 24.5. The second kappa shape index (κ2) is 9.63. The van der Waals surface area contributed by atoms with Crippen molar-refractivity contribution in [3.63, 3.8) is 0 Å². The van der Waals surface area contributed by atoms with Crippen LogP contribution in [0.5, 0.6) is 0 Å². The molecule has 1 aromatic heterocycles. The standard InChI is InChI=1S/C23H27F3N4O3S/c1-14-13-34-21(28-14)22(33)7-5-18(6-8-22)30-11-17(12-30)29-19(31)10-27-20(32)15-3-2-4-16(9-15)23(24,25)26/h2-4,9,13,17-18,33H,5-8,10-12H2,1H3,(H,27,32)(H,29,31)/t18-,22-. The van der Waals surface area contributed by atoms with Gasteiger partial charge in [0.25, 0.3) is 5.91 Å². The number of carbonyl (C=O) groups excluding carboxylic acids is 2. The van der Waals surface area contributed by atoms with Gasteiger partial charge >= 0.3 is 6.18 Å². The van der Waals surface area contributed by atoms with E-state index >= 15 is 0 Å². The third kappa shape index (κ3) is 5.59. The Bertz CT molecular complexity index is 1040. The Hall–Kier alpha value is -2.50. The van der Waals surface area contributed by atoms with Gasteiger partial charge < -0.3 is 15.7 Å². The average molecular weight is 497 g/mol. The summed E-state index contributed by atoms with van der Waals surface area (Å²) in [6.07, 6.45) is -1.54. The minimum atomic E-state index is -4.54. The Labute approximate surface area is 199 Å². The van der Waals surface area contributed by atoms with Crippen molar-refractivity contribution in [3.8, 4) is 0 Å². The van der Waals surface area contributed by atoms with E-state index in [2.05, 4.69) is 20.5 Å². The second-order valence-corrected chi connectivity index (χ2v) is 9.89. The highest BCUT2D eigenvalue weighted by atomic mass is 32.1. The van der Waals surface area contributed by atoms with E-state index < -0.39 is 23.2 Å². The summed E-state index contributed by atoms with van der Waals surface area (Å²) in [6, 6.07) is 4.38. The summed E-state index contributed by atoms with van der Waals surface area (Å²) in [5, 5.41) is 18.9. The van der Waals surface area contributed by atoms with Crippen molar-refractivity contribution in [3.05, 3.63) is 51.5 Å². The molecule has 11 heteroatoms. The van der Waals surface area contributed by atoms with Gasteiger partial charge in [0.15, 0.2) is 0 Å². The van der Waals surface area contributed by atoms with Crippen LogP contribution >= 0.6 is 11.3 Å². The first-order valence-corrected chi connectivity index (χ1v) is 12.1. The summed E-state index contributed by atoms with van der Waals surface area (Å²) in [4.78, 5) is 31.0. The number of benzene rings is 1. The lowest BCUT2D eigenvalue weighted by atomic mass is 9.81. The van der Waals surface area contributed by atoms with Crippen LogP contribution in [0.25, 0.3) is 0 Å². The molecule has 7 nitrogen and oxygen atoms in total. The van der Waals surface area contributed by atoms with Gasteiger partial charge in [-0.15, -0.1) is 11.3 Å². The van der Waals surface area contributed by atoms with Crippen molar-refractivity contribution in [2.45, 2.75) is 56.5 Å². The molecule has 2 amide bonds. The molecule has 0 bridgehead atoms. The zero-order valence-electron chi connectivity index (χ0n) is 18.7. The Morgan fingerprint density at radius 3 is 2.59 bits per heavy atom.